The first-order valence-corrected chi connectivity index (χ1v) is 6.76. The van der Waals surface area contributed by atoms with Gasteiger partial charge in [0.2, 0.25) is 0 Å². The minimum atomic E-state index is -0.0387. The van der Waals surface area contributed by atoms with Gasteiger partial charge in [-0.2, -0.15) is 0 Å². The Kier molecular flexibility index (Phi) is 4.94. The summed E-state index contributed by atoms with van der Waals surface area (Å²) in [7, 11) is 0. The third kappa shape index (κ3) is 4.17. The third-order valence-corrected chi connectivity index (χ3v) is 3.79. The molecule has 4 heteroatoms. The Morgan fingerprint density at radius 2 is 2.17 bits per heavy atom. The van der Waals surface area contributed by atoms with E-state index in [9.17, 15) is 4.79 Å². The van der Waals surface area contributed by atoms with E-state index in [1.165, 1.54) is 11.3 Å². The van der Waals surface area contributed by atoms with Crippen LogP contribution in [-0.2, 0) is 0 Å². The molecule has 1 aromatic heterocycles. The second-order valence-electron chi connectivity index (χ2n) is 5.23. The van der Waals surface area contributed by atoms with Crippen LogP contribution in [0.5, 0.6) is 0 Å². The Hall–Kier alpha value is -1.31. The van der Waals surface area contributed by atoms with Gasteiger partial charge in [0.05, 0.1) is 16.3 Å². The van der Waals surface area contributed by atoms with Crippen molar-refractivity contribution in [2.75, 3.05) is 6.54 Å². The van der Waals surface area contributed by atoms with Crippen molar-refractivity contribution in [3.8, 4) is 11.8 Å². The van der Waals surface area contributed by atoms with Crippen molar-refractivity contribution in [2.45, 2.75) is 33.7 Å². The number of amides is 1. The summed E-state index contributed by atoms with van der Waals surface area (Å²) in [5, 5.41) is 3.00. The van der Waals surface area contributed by atoms with Crippen molar-refractivity contribution in [1.29, 1.82) is 0 Å². The molecule has 0 fully saturated rings. The highest BCUT2D eigenvalue weighted by molar-refractivity contribution is 7.14. The molecule has 1 aromatic rings. The van der Waals surface area contributed by atoms with Crippen molar-refractivity contribution in [1.82, 2.24) is 5.32 Å². The van der Waals surface area contributed by atoms with Crippen LogP contribution < -0.4 is 11.1 Å². The quantitative estimate of drug-likeness (QED) is 0.805. The summed E-state index contributed by atoms with van der Waals surface area (Å²) >= 11 is 1.39. The predicted octanol–water partition coefficient (Wildman–Crippen LogP) is 2.22. The van der Waals surface area contributed by atoms with Gasteiger partial charge in [0, 0.05) is 6.04 Å². The second kappa shape index (κ2) is 6.03. The van der Waals surface area contributed by atoms with E-state index in [1.54, 1.807) is 6.07 Å². The van der Waals surface area contributed by atoms with Crippen LogP contribution in [0.25, 0.3) is 0 Å². The highest BCUT2D eigenvalue weighted by Crippen LogP contribution is 2.20. The summed E-state index contributed by atoms with van der Waals surface area (Å²) < 4.78 is 0. The van der Waals surface area contributed by atoms with Crippen LogP contribution in [0.15, 0.2) is 12.1 Å². The van der Waals surface area contributed by atoms with E-state index >= 15 is 0 Å². The molecule has 3 nitrogen and oxygen atoms in total. The lowest BCUT2D eigenvalue weighted by Gasteiger charge is -2.27. The van der Waals surface area contributed by atoms with Gasteiger partial charge in [-0.25, -0.2) is 0 Å². The fourth-order valence-corrected chi connectivity index (χ4v) is 1.93. The number of carbonyl (C=O) groups is 1. The van der Waals surface area contributed by atoms with Gasteiger partial charge in [-0.3, -0.25) is 4.79 Å². The number of carbonyl (C=O) groups excluding carboxylic acids is 1. The molecule has 0 aliphatic heterocycles. The molecule has 3 N–H and O–H groups in total. The summed E-state index contributed by atoms with van der Waals surface area (Å²) in [6.45, 7) is 8.65. The summed E-state index contributed by atoms with van der Waals surface area (Å²) in [5.41, 5.74) is 5.36. The fraction of sp³-hybridized carbons (Fsp3) is 0.500. The standard InChI is InChI=1S/C14H20N2OS/c1-10(14(2,3)4)16-13(17)12-8-7-11(18-12)6-5-9-15/h7-8,10H,9,15H2,1-4H3,(H,16,17). The van der Waals surface area contributed by atoms with Gasteiger partial charge >= 0.3 is 0 Å². The molecule has 1 atom stereocenters. The molecule has 0 aliphatic carbocycles. The SMILES string of the molecule is CC(NC(=O)c1ccc(C#CCN)s1)C(C)(C)C. The lowest BCUT2D eigenvalue weighted by atomic mass is 9.88. The highest BCUT2D eigenvalue weighted by atomic mass is 32.1. The first kappa shape index (κ1) is 14.7. The van der Waals surface area contributed by atoms with Crippen molar-refractivity contribution in [3.05, 3.63) is 21.9 Å². The smallest absolute Gasteiger partial charge is 0.261 e. The molecular formula is C14H20N2OS. The van der Waals surface area contributed by atoms with Crippen LogP contribution in [0.3, 0.4) is 0 Å². The Bertz CT molecular complexity index is 474. The lowest BCUT2D eigenvalue weighted by Crippen LogP contribution is -2.41. The molecule has 18 heavy (non-hydrogen) atoms. The van der Waals surface area contributed by atoms with E-state index in [0.29, 0.717) is 11.4 Å². The van der Waals surface area contributed by atoms with Gasteiger partial charge in [-0.05, 0) is 24.5 Å². The molecule has 98 valence electrons. The maximum atomic E-state index is 12.0. The van der Waals surface area contributed by atoms with Gasteiger partial charge in [0.25, 0.3) is 5.91 Å². The van der Waals surface area contributed by atoms with Crippen LogP contribution in [-0.4, -0.2) is 18.5 Å². The molecule has 0 spiro atoms. The zero-order valence-corrected chi connectivity index (χ0v) is 12.1. The van der Waals surface area contributed by atoms with Crippen LogP contribution in [0.2, 0.25) is 0 Å². The predicted molar refractivity (Wildman–Crippen MR) is 76.6 cm³/mol. The van der Waals surface area contributed by atoms with Crippen molar-refractivity contribution in [2.24, 2.45) is 11.1 Å². The van der Waals surface area contributed by atoms with Crippen LogP contribution >= 0.6 is 11.3 Å². The third-order valence-electron chi connectivity index (χ3n) is 2.79. The maximum Gasteiger partial charge on any atom is 0.261 e. The molecule has 1 unspecified atom stereocenters. The van der Waals surface area contributed by atoms with Gasteiger partial charge in [0.1, 0.15) is 0 Å². The summed E-state index contributed by atoms with van der Waals surface area (Å²) in [6.07, 6.45) is 0. The van der Waals surface area contributed by atoms with Crippen molar-refractivity contribution >= 4 is 17.2 Å². The molecule has 1 heterocycles. The average molecular weight is 264 g/mol. The molecule has 0 radical (unpaired) electrons. The molecule has 0 aromatic carbocycles. The molecule has 0 saturated heterocycles. The molecule has 1 amide bonds. The monoisotopic (exact) mass is 264 g/mol. The summed E-state index contributed by atoms with van der Waals surface area (Å²) in [4.78, 5) is 13.6. The minimum Gasteiger partial charge on any atom is -0.348 e. The topological polar surface area (TPSA) is 55.1 Å². The van der Waals surface area contributed by atoms with E-state index in [-0.39, 0.29) is 17.4 Å². The molecule has 0 bridgehead atoms. The van der Waals surface area contributed by atoms with E-state index in [0.717, 1.165) is 4.88 Å². The molecular weight excluding hydrogens is 244 g/mol. The van der Waals surface area contributed by atoms with Crippen LogP contribution in [0.1, 0.15) is 42.2 Å². The van der Waals surface area contributed by atoms with Gasteiger partial charge in [0.15, 0.2) is 0 Å². The van der Waals surface area contributed by atoms with E-state index in [1.807, 2.05) is 13.0 Å². The maximum absolute atomic E-state index is 12.0. The summed E-state index contributed by atoms with van der Waals surface area (Å²) in [6, 6.07) is 3.77. The largest absolute Gasteiger partial charge is 0.348 e. The second-order valence-corrected chi connectivity index (χ2v) is 6.31. The number of thiophene rings is 1. The number of nitrogens with two attached hydrogens (primary N) is 1. The van der Waals surface area contributed by atoms with Crippen molar-refractivity contribution in [3.63, 3.8) is 0 Å². The normalized spacial score (nSPS) is 12.5. The van der Waals surface area contributed by atoms with Gasteiger partial charge in [-0.1, -0.05) is 32.6 Å². The van der Waals surface area contributed by atoms with Gasteiger partial charge in [-0.15, -0.1) is 11.3 Å². The van der Waals surface area contributed by atoms with Crippen LogP contribution in [0.4, 0.5) is 0 Å². The number of rotatable bonds is 2. The number of hydrogen-bond donors (Lipinski definition) is 2. The van der Waals surface area contributed by atoms with Gasteiger partial charge < -0.3 is 11.1 Å². The minimum absolute atomic E-state index is 0.0387. The Morgan fingerprint density at radius 3 is 2.72 bits per heavy atom. The number of hydrogen-bond acceptors (Lipinski definition) is 3. The first-order valence-electron chi connectivity index (χ1n) is 5.94. The van der Waals surface area contributed by atoms with E-state index in [2.05, 4.69) is 37.9 Å². The Morgan fingerprint density at radius 1 is 1.50 bits per heavy atom. The van der Waals surface area contributed by atoms with Crippen molar-refractivity contribution < 1.29 is 4.79 Å². The fourth-order valence-electron chi connectivity index (χ4n) is 1.15. The summed E-state index contributed by atoms with van der Waals surface area (Å²) in [5.74, 6) is 5.67. The Balaban J connectivity index is 2.71. The Labute approximate surface area is 113 Å². The zero-order valence-electron chi connectivity index (χ0n) is 11.3. The van der Waals surface area contributed by atoms with E-state index in [4.69, 9.17) is 5.73 Å². The lowest BCUT2D eigenvalue weighted by molar-refractivity contribution is 0.0914. The highest BCUT2D eigenvalue weighted by Gasteiger charge is 2.22. The molecule has 1 rings (SSSR count). The molecule has 0 saturated carbocycles. The zero-order chi connectivity index (χ0) is 13.8. The first-order chi connectivity index (χ1) is 8.34. The number of nitrogens with one attached hydrogen (secondary N) is 1. The van der Waals surface area contributed by atoms with E-state index < -0.39 is 0 Å². The average Bonchev–Trinajstić information content (AvgIpc) is 2.73. The molecule has 0 aliphatic rings. The van der Waals surface area contributed by atoms with Crippen LogP contribution in [0, 0.1) is 17.3 Å².